The van der Waals surface area contributed by atoms with Gasteiger partial charge in [-0.2, -0.15) is 13.2 Å². The SMILES string of the molecule is COc1cc(CCCNc2ncc(I)cc2[N+](=O)[O-])ccc1OCc1ccc(C(F)(F)F)nc1. The van der Waals surface area contributed by atoms with Crippen molar-refractivity contribution in [2.24, 2.45) is 0 Å². The quantitative estimate of drug-likeness (QED) is 0.142. The fourth-order valence-electron chi connectivity index (χ4n) is 3.03. The zero-order valence-electron chi connectivity index (χ0n) is 17.9. The molecule has 0 saturated heterocycles. The van der Waals surface area contributed by atoms with Gasteiger partial charge in [0.1, 0.15) is 12.3 Å². The van der Waals surface area contributed by atoms with Gasteiger partial charge in [-0.1, -0.05) is 12.1 Å². The number of hydrogen-bond donors (Lipinski definition) is 1. The molecule has 8 nitrogen and oxygen atoms in total. The molecule has 3 rings (SSSR count). The zero-order chi connectivity index (χ0) is 24.7. The van der Waals surface area contributed by atoms with Crippen molar-refractivity contribution in [3.05, 3.63) is 79.3 Å². The first-order valence-electron chi connectivity index (χ1n) is 10.0. The summed E-state index contributed by atoms with van der Waals surface area (Å²) in [6.07, 6.45) is -0.446. The molecule has 0 atom stereocenters. The summed E-state index contributed by atoms with van der Waals surface area (Å²) in [5.41, 5.74) is 0.425. The molecule has 0 aliphatic rings. The zero-order valence-corrected chi connectivity index (χ0v) is 20.1. The molecule has 0 aliphatic heterocycles. The highest BCUT2D eigenvalue weighted by Crippen LogP contribution is 2.30. The number of alkyl halides is 3. The molecule has 1 N–H and O–H groups in total. The molecule has 1 aromatic carbocycles. The molecule has 12 heteroatoms. The monoisotopic (exact) mass is 588 g/mol. The molecule has 0 radical (unpaired) electrons. The highest BCUT2D eigenvalue weighted by Gasteiger charge is 2.32. The smallest absolute Gasteiger partial charge is 0.433 e. The molecule has 180 valence electrons. The number of benzene rings is 1. The summed E-state index contributed by atoms with van der Waals surface area (Å²) < 4.78 is 49.6. The minimum Gasteiger partial charge on any atom is -0.493 e. The van der Waals surface area contributed by atoms with Crippen molar-refractivity contribution < 1.29 is 27.6 Å². The number of nitrogens with zero attached hydrogens (tertiary/aromatic N) is 3. The van der Waals surface area contributed by atoms with Gasteiger partial charge >= 0.3 is 11.9 Å². The van der Waals surface area contributed by atoms with Gasteiger partial charge in [-0.3, -0.25) is 15.1 Å². The van der Waals surface area contributed by atoms with Gasteiger partial charge in [0, 0.05) is 34.1 Å². The Morgan fingerprint density at radius 2 is 1.85 bits per heavy atom. The molecule has 2 aromatic heterocycles. The molecule has 2 heterocycles. The third-order valence-electron chi connectivity index (χ3n) is 4.70. The lowest BCUT2D eigenvalue weighted by molar-refractivity contribution is -0.384. The summed E-state index contributed by atoms with van der Waals surface area (Å²) in [4.78, 5) is 18.2. The first-order valence-corrected chi connectivity index (χ1v) is 11.1. The second-order valence-corrected chi connectivity index (χ2v) is 8.38. The van der Waals surface area contributed by atoms with Gasteiger partial charge in [0.05, 0.1) is 12.0 Å². The van der Waals surface area contributed by atoms with Crippen LogP contribution >= 0.6 is 22.6 Å². The van der Waals surface area contributed by atoms with E-state index >= 15 is 0 Å². The van der Waals surface area contributed by atoms with E-state index in [1.807, 2.05) is 34.7 Å². The second kappa shape index (κ2) is 11.3. The van der Waals surface area contributed by atoms with E-state index in [1.165, 1.54) is 19.2 Å². The summed E-state index contributed by atoms with van der Waals surface area (Å²) >= 11 is 1.97. The standard InChI is InChI=1S/C22H20F3IN4O4/c1-33-19-9-14(3-2-8-27-21-17(30(31)32)10-16(26)12-29-21)4-6-18(19)34-13-15-5-7-20(28-11-15)22(23,24)25/h4-7,9-12H,2-3,8,13H2,1H3,(H,27,29). The Hall–Kier alpha value is -3.16. The average molecular weight is 588 g/mol. The van der Waals surface area contributed by atoms with Gasteiger partial charge in [0.2, 0.25) is 5.82 Å². The van der Waals surface area contributed by atoms with Crippen LogP contribution in [0.4, 0.5) is 24.7 Å². The minimum absolute atomic E-state index is 0.0343. The van der Waals surface area contributed by atoms with Gasteiger partial charge in [-0.25, -0.2) is 4.98 Å². The number of nitro groups is 1. The lowest BCUT2D eigenvalue weighted by Gasteiger charge is -2.13. The summed E-state index contributed by atoms with van der Waals surface area (Å²) in [6, 6.07) is 9.08. The van der Waals surface area contributed by atoms with Crippen LogP contribution in [0.25, 0.3) is 0 Å². The van der Waals surface area contributed by atoms with Gasteiger partial charge in [0.15, 0.2) is 11.5 Å². The van der Waals surface area contributed by atoms with Gasteiger partial charge in [0.25, 0.3) is 0 Å². The molecule has 0 aliphatic carbocycles. The Balaban J connectivity index is 1.54. The van der Waals surface area contributed by atoms with E-state index in [9.17, 15) is 23.3 Å². The molecule has 3 aromatic rings. The van der Waals surface area contributed by atoms with Crippen molar-refractivity contribution in [2.75, 3.05) is 19.0 Å². The average Bonchev–Trinajstić information content (AvgIpc) is 2.81. The maximum atomic E-state index is 12.6. The minimum atomic E-state index is -4.49. The van der Waals surface area contributed by atoms with Crippen LogP contribution in [0, 0.1) is 13.7 Å². The van der Waals surface area contributed by atoms with Crippen LogP contribution < -0.4 is 14.8 Å². The van der Waals surface area contributed by atoms with Crippen LogP contribution in [0.1, 0.15) is 23.2 Å². The molecular weight excluding hydrogens is 568 g/mol. The molecule has 34 heavy (non-hydrogen) atoms. The summed E-state index contributed by atoms with van der Waals surface area (Å²) in [7, 11) is 1.49. The molecule has 0 bridgehead atoms. The largest absolute Gasteiger partial charge is 0.493 e. The molecule has 0 amide bonds. The highest BCUT2D eigenvalue weighted by molar-refractivity contribution is 14.1. The van der Waals surface area contributed by atoms with Gasteiger partial charge < -0.3 is 14.8 Å². The molecule has 0 spiro atoms. The lowest BCUT2D eigenvalue weighted by Crippen LogP contribution is -2.08. The van der Waals surface area contributed by atoms with E-state index in [0.29, 0.717) is 40.0 Å². The first-order chi connectivity index (χ1) is 16.2. The Kier molecular flexibility index (Phi) is 8.47. The summed E-state index contributed by atoms with van der Waals surface area (Å²) in [5, 5.41) is 14.2. The number of ether oxygens (including phenoxy) is 2. The van der Waals surface area contributed by atoms with E-state index in [2.05, 4.69) is 15.3 Å². The number of aryl methyl sites for hydroxylation is 1. The number of nitrogens with one attached hydrogen (secondary N) is 1. The predicted molar refractivity (Wildman–Crippen MR) is 127 cm³/mol. The number of halogens is 4. The lowest BCUT2D eigenvalue weighted by atomic mass is 10.1. The molecule has 0 unspecified atom stereocenters. The van der Waals surface area contributed by atoms with Crippen LogP contribution in [0.5, 0.6) is 11.5 Å². The first kappa shape index (κ1) is 25.5. The normalized spacial score (nSPS) is 11.2. The van der Waals surface area contributed by atoms with E-state index in [0.717, 1.165) is 17.8 Å². The Bertz CT molecular complexity index is 1140. The summed E-state index contributed by atoms with van der Waals surface area (Å²) in [5.74, 6) is 1.16. The second-order valence-electron chi connectivity index (χ2n) is 7.13. The number of anilines is 1. The number of methoxy groups -OCH3 is 1. The van der Waals surface area contributed by atoms with Crippen LogP contribution in [0.2, 0.25) is 0 Å². The third kappa shape index (κ3) is 6.92. The Morgan fingerprint density at radius 1 is 1.09 bits per heavy atom. The predicted octanol–water partition coefficient (Wildman–Crippen LogP) is 5.64. The maximum Gasteiger partial charge on any atom is 0.433 e. The van der Waals surface area contributed by atoms with E-state index in [-0.39, 0.29) is 18.1 Å². The fourth-order valence-corrected chi connectivity index (χ4v) is 3.46. The van der Waals surface area contributed by atoms with Crippen molar-refractivity contribution in [3.63, 3.8) is 0 Å². The maximum absolute atomic E-state index is 12.6. The van der Waals surface area contributed by atoms with Gasteiger partial charge in [-0.15, -0.1) is 0 Å². The van der Waals surface area contributed by atoms with Crippen molar-refractivity contribution in [2.45, 2.75) is 25.6 Å². The number of pyridine rings is 2. The van der Waals surface area contributed by atoms with Crippen molar-refractivity contribution in [1.82, 2.24) is 9.97 Å². The van der Waals surface area contributed by atoms with E-state index < -0.39 is 16.8 Å². The van der Waals surface area contributed by atoms with Crippen LogP contribution in [0.15, 0.2) is 48.8 Å². The van der Waals surface area contributed by atoms with E-state index in [4.69, 9.17) is 9.47 Å². The van der Waals surface area contributed by atoms with Crippen LogP contribution in [0.3, 0.4) is 0 Å². The van der Waals surface area contributed by atoms with Crippen molar-refractivity contribution in [3.8, 4) is 11.5 Å². The van der Waals surface area contributed by atoms with Crippen LogP contribution in [-0.2, 0) is 19.2 Å². The molecular formula is C22H20F3IN4O4. The van der Waals surface area contributed by atoms with Crippen molar-refractivity contribution >= 4 is 34.1 Å². The van der Waals surface area contributed by atoms with Gasteiger partial charge in [-0.05, 0) is 59.2 Å². The summed E-state index contributed by atoms with van der Waals surface area (Å²) in [6.45, 7) is 0.516. The van der Waals surface area contributed by atoms with Crippen LogP contribution in [-0.4, -0.2) is 28.5 Å². The number of hydrogen-bond acceptors (Lipinski definition) is 7. The topological polar surface area (TPSA) is 99.4 Å². The fraction of sp³-hybridized carbons (Fsp3) is 0.273. The highest BCUT2D eigenvalue weighted by atomic mass is 127. The van der Waals surface area contributed by atoms with Crippen molar-refractivity contribution in [1.29, 1.82) is 0 Å². The Labute approximate surface area is 206 Å². The third-order valence-corrected chi connectivity index (χ3v) is 5.29. The molecule has 0 saturated carbocycles. The van der Waals surface area contributed by atoms with E-state index in [1.54, 1.807) is 12.3 Å². The number of aromatic nitrogens is 2. The number of rotatable bonds is 10. The molecule has 0 fully saturated rings. The Morgan fingerprint density at radius 3 is 2.50 bits per heavy atom.